The molecule has 0 N–H and O–H groups in total. The molecule has 6 heteroatoms. The molecule has 4 nitrogen and oxygen atoms in total. The van der Waals surface area contributed by atoms with Gasteiger partial charge in [0.05, 0.1) is 6.61 Å². The zero-order valence-electron chi connectivity index (χ0n) is 19.6. The van der Waals surface area contributed by atoms with E-state index in [1.807, 2.05) is 6.21 Å². The monoisotopic (exact) mass is 433 g/mol. The van der Waals surface area contributed by atoms with Crippen molar-refractivity contribution < 1.29 is 13.6 Å². The summed E-state index contributed by atoms with van der Waals surface area (Å²) in [5.41, 5.74) is 2.33. The van der Waals surface area contributed by atoms with Gasteiger partial charge in [0.25, 0.3) is 0 Å². The van der Waals surface area contributed by atoms with Crippen LogP contribution in [0.5, 0.6) is 5.75 Å². The molecule has 0 atom stereocenters. The molecular weight excluding hydrogens is 394 g/mol. The predicted octanol–water partition coefficient (Wildman–Crippen LogP) is 6.71. The largest absolute Gasteiger partial charge is 0.532 e. The van der Waals surface area contributed by atoms with E-state index in [9.17, 15) is 0 Å². The van der Waals surface area contributed by atoms with Gasteiger partial charge in [-0.2, -0.15) is 0 Å². The Hall–Kier alpha value is -1.38. The van der Waals surface area contributed by atoms with E-state index in [2.05, 4.69) is 83.3 Å². The van der Waals surface area contributed by atoms with E-state index in [1.54, 1.807) is 0 Å². The van der Waals surface area contributed by atoms with Crippen LogP contribution in [0.3, 0.4) is 0 Å². The Bertz CT molecular complexity index is 741. The van der Waals surface area contributed by atoms with E-state index in [-0.39, 0.29) is 5.04 Å². The van der Waals surface area contributed by atoms with Crippen LogP contribution >= 0.6 is 0 Å². The molecule has 1 aliphatic carbocycles. The Morgan fingerprint density at radius 2 is 1.79 bits per heavy atom. The van der Waals surface area contributed by atoms with E-state index in [4.69, 9.17) is 13.6 Å². The van der Waals surface area contributed by atoms with Gasteiger partial charge in [-0.05, 0) is 80.8 Å². The summed E-state index contributed by atoms with van der Waals surface area (Å²) in [5.74, 6) is 1.98. The summed E-state index contributed by atoms with van der Waals surface area (Å²) in [4.78, 5) is 4.45. The van der Waals surface area contributed by atoms with Gasteiger partial charge in [0.15, 0.2) is 14.2 Å². The van der Waals surface area contributed by atoms with Crippen molar-refractivity contribution in [2.75, 3.05) is 13.2 Å². The van der Waals surface area contributed by atoms with Crippen LogP contribution in [0, 0.1) is 0 Å². The fraction of sp³-hybridized carbons (Fsp3) is 0.609. The van der Waals surface area contributed by atoms with E-state index >= 15 is 0 Å². The van der Waals surface area contributed by atoms with E-state index < -0.39 is 16.6 Å². The summed E-state index contributed by atoms with van der Waals surface area (Å²) in [6.45, 7) is 22.7. The molecule has 1 saturated carbocycles. The first-order chi connectivity index (χ1) is 13.3. The Balaban J connectivity index is 2.04. The van der Waals surface area contributed by atoms with Crippen LogP contribution in [-0.2, 0) is 8.85 Å². The van der Waals surface area contributed by atoms with Gasteiger partial charge in [-0.1, -0.05) is 26.8 Å². The van der Waals surface area contributed by atoms with E-state index in [1.165, 1.54) is 18.4 Å². The number of hydrogen-bond donors (Lipinski definition) is 0. The lowest BCUT2D eigenvalue weighted by atomic mass is 10.1. The minimum absolute atomic E-state index is 0.202. The minimum atomic E-state index is -1.76. The van der Waals surface area contributed by atoms with E-state index in [0.717, 1.165) is 11.3 Å². The van der Waals surface area contributed by atoms with Crippen LogP contribution < -0.4 is 4.74 Å². The standard InChI is InChI=1S/C23H39NO3Si2/c1-18(27-28(5,6)7)24-17-21-16-20(19-10-11-19)12-13-22(21)25-14-15-26-29(8,9)23(2,3)4/h12-13,16-17,19H,1,10-11,14-15H2,2-9H3/b24-17+. The molecule has 0 radical (unpaired) electrons. The molecule has 1 fully saturated rings. The van der Waals surface area contributed by atoms with Crippen LogP contribution in [-0.4, -0.2) is 36.1 Å². The molecule has 0 heterocycles. The molecule has 0 amide bonds. The quantitative estimate of drug-likeness (QED) is 0.178. The van der Waals surface area contributed by atoms with Crippen LogP contribution in [0.2, 0.25) is 37.8 Å². The molecule has 29 heavy (non-hydrogen) atoms. The van der Waals surface area contributed by atoms with Gasteiger partial charge >= 0.3 is 0 Å². The molecule has 1 aromatic rings. The fourth-order valence-corrected chi connectivity index (χ4v) is 4.44. The number of ether oxygens (including phenoxy) is 1. The predicted molar refractivity (Wildman–Crippen MR) is 128 cm³/mol. The van der Waals surface area contributed by atoms with Crippen molar-refractivity contribution in [2.24, 2.45) is 4.99 Å². The average Bonchev–Trinajstić information content (AvgIpc) is 3.40. The lowest BCUT2D eigenvalue weighted by Gasteiger charge is -2.36. The lowest BCUT2D eigenvalue weighted by Crippen LogP contribution is -2.41. The molecule has 0 aliphatic heterocycles. The fourth-order valence-electron chi connectivity index (χ4n) is 2.66. The second-order valence-corrected chi connectivity index (χ2v) is 19.6. The highest BCUT2D eigenvalue weighted by molar-refractivity contribution is 6.74. The molecule has 0 bridgehead atoms. The third-order valence-corrected chi connectivity index (χ3v) is 10.9. The summed E-state index contributed by atoms with van der Waals surface area (Å²) in [5, 5.41) is 0.202. The zero-order chi connectivity index (χ0) is 21.9. The second-order valence-electron chi connectivity index (χ2n) is 10.4. The topological polar surface area (TPSA) is 40.0 Å². The molecule has 2 rings (SSSR count). The summed E-state index contributed by atoms with van der Waals surface area (Å²) in [6, 6.07) is 6.42. The number of rotatable bonds is 10. The third-order valence-electron chi connectivity index (χ3n) is 5.46. The van der Waals surface area contributed by atoms with Crippen molar-refractivity contribution in [3.63, 3.8) is 0 Å². The Morgan fingerprint density at radius 3 is 2.34 bits per heavy atom. The van der Waals surface area contributed by atoms with Gasteiger partial charge in [-0.15, -0.1) is 0 Å². The molecule has 1 aromatic carbocycles. The number of aliphatic imine (C=N–C) groups is 1. The number of nitrogens with zero attached hydrogens (tertiary/aromatic N) is 1. The van der Waals surface area contributed by atoms with Gasteiger partial charge < -0.3 is 13.6 Å². The first-order valence-electron chi connectivity index (χ1n) is 10.6. The Labute approximate surface area is 179 Å². The molecule has 1 aliphatic rings. The van der Waals surface area contributed by atoms with Gasteiger partial charge in [0.1, 0.15) is 12.4 Å². The van der Waals surface area contributed by atoms with Crippen LogP contribution in [0.15, 0.2) is 35.7 Å². The van der Waals surface area contributed by atoms with Crippen molar-refractivity contribution in [3.05, 3.63) is 41.8 Å². The van der Waals surface area contributed by atoms with Crippen LogP contribution in [0.25, 0.3) is 0 Å². The zero-order valence-corrected chi connectivity index (χ0v) is 21.6. The molecule has 0 unspecified atom stereocenters. The van der Waals surface area contributed by atoms with Crippen molar-refractivity contribution in [3.8, 4) is 5.75 Å². The molecule has 0 spiro atoms. The van der Waals surface area contributed by atoms with Crippen molar-refractivity contribution in [1.29, 1.82) is 0 Å². The van der Waals surface area contributed by atoms with Crippen LogP contribution in [0.4, 0.5) is 0 Å². The summed E-state index contributed by atoms with van der Waals surface area (Å²) in [7, 11) is -3.46. The third kappa shape index (κ3) is 7.76. The van der Waals surface area contributed by atoms with Gasteiger partial charge in [0.2, 0.25) is 8.32 Å². The van der Waals surface area contributed by atoms with Gasteiger partial charge in [-0.25, -0.2) is 4.99 Å². The van der Waals surface area contributed by atoms with Crippen molar-refractivity contribution >= 4 is 22.8 Å². The van der Waals surface area contributed by atoms with Crippen molar-refractivity contribution in [2.45, 2.75) is 77.3 Å². The summed E-state index contributed by atoms with van der Waals surface area (Å²) < 4.78 is 18.2. The SMILES string of the molecule is C=C(/N=C/c1cc(C2CC2)ccc1OCCO[Si](C)(C)C(C)(C)C)O[Si](C)(C)C. The maximum atomic E-state index is 6.23. The normalized spacial score (nSPS) is 15.6. The number of hydrogen-bond acceptors (Lipinski definition) is 4. The van der Waals surface area contributed by atoms with Gasteiger partial charge in [-0.3, -0.25) is 0 Å². The van der Waals surface area contributed by atoms with Gasteiger partial charge in [0, 0.05) is 11.8 Å². The highest BCUT2D eigenvalue weighted by atomic mass is 28.4. The smallest absolute Gasteiger partial charge is 0.244 e. The summed E-state index contributed by atoms with van der Waals surface area (Å²) >= 11 is 0. The summed E-state index contributed by atoms with van der Waals surface area (Å²) in [6.07, 6.45) is 4.35. The maximum Gasteiger partial charge on any atom is 0.244 e. The highest BCUT2D eigenvalue weighted by Gasteiger charge is 2.36. The first-order valence-corrected chi connectivity index (χ1v) is 16.9. The van der Waals surface area contributed by atoms with Crippen LogP contribution in [0.1, 0.15) is 50.7 Å². The molecule has 0 saturated heterocycles. The molecular formula is C23H39NO3Si2. The first kappa shape index (κ1) is 23.9. The molecule has 0 aromatic heterocycles. The van der Waals surface area contributed by atoms with Crippen molar-refractivity contribution in [1.82, 2.24) is 0 Å². The average molecular weight is 434 g/mol. The molecule has 162 valence electrons. The minimum Gasteiger partial charge on any atom is -0.532 e. The highest BCUT2D eigenvalue weighted by Crippen LogP contribution is 2.41. The Morgan fingerprint density at radius 1 is 1.14 bits per heavy atom. The van der Waals surface area contributed by atoms with E-state index in [0.29, 0.717) is 25.0 Å². The Kier molecular flexibility index (Phi) is 7.57. The maximum absolute atomic E-state index is 6.23. The number of benzene rings is 1. The lowest BCUT2D eigenvalue weighted by molar-refractivity contribution is 0.203. The second kappa shape index (κ2) is 9.19.